The average Bonchev–Trinajstić information content (AvgIpc) is 2.89. The molecule has 3 heteroatoms. The van der Waals surface area contributed by atoms with Crippen LogP contribution >= 0.6 is 0 Å². The minimum absolute atomic E-state index is 0.0538. The molecule has 1 aliphatic carbocycles. The van der Waals surface area contributed by atoms with Gasteiger partial charge in [-0.2, -0.15) is 0 Å². The second-order valence-corrected chi connectivity index (χ2v) is 4.52. The standard InChI is InChI=1S/C10H17NO2/c1-11-9-4-2-3-8-10(9,13-8)7-12-6-5-9/h8,11H,2-7H2,1H3. The van der Waals surface area contributed by atoms with Crippen molar-refractivity contribution in [2.45, 2.75) is 42.9 Å². The molecule has 13 heavy (non-hydrogen) atoms. The Morgan fingerprint density at radius 1 is 1.38 bits per heavy atom. The third kappa shape index (κ3) is 0.853. The van der Waals surface area contributed by atoms with Gasteiger partial charge in [-0.05, 0) is 32.7 Å². The molecule has 0 aromatic carbocycles. The van der Waals surface area contributed by atoms with Crippen LogP contribution in [0.5, 0.6) is 0 Å². The van der Waals surface area contributed by atoms with Crippen LogP contribution in [0.15, 0.2) is 0 Å². The van der Waals surface area contributed by atoms with E-state index in [2.05, 4.69) is 12.4 Å². The molecule has 2 heterocycles. The molecule has 1 N–H and O–H groups in total. The quantitative estimate of drug-likeness (QED) is 0.607. The van der Waals surface area contributed by atoms with Gasteiger partial charge in [-0.3, -0.25) is 0 Å². The predicted molar refractivity (Wildman–Crippen MR) is 48.7 cm³/mol. The minimum Gasteiger partial charge on any atom is -0.378 e. The van der Waals surface area contributed by atoms with E-state index in [1.807, 2.05) is 0 Å². The molecular weight excluding hydrogens is 166 g/mol. The van der Waals surface area contributed by atoms with Crippen molar-refractivity contribution in [1.82, 2.24) is 5.32 Å². The van der Waals surface area contributed by atoms with Gasteiger partial charge in [-0.1, -0.05) is 0 Å². The monoisotopic (exact) mass is 183 g/mol. The Labute approximate surface area is 78.8 Å². The van der Waals surface area contributed by atoms with Crippen molar-refractivity contribution in [3.63, 3.8) is 0 Å². The summed E-state index contributed by atoms with van der Waals surface area (Å²) >= 11 is 0. The molecular formula is C10H17NO2. The molecule has 3 atom stereocenters. The summed E-state index contributed by atoms with van der Waals surface area (Å²) in [5.74, 6) is 0. The largest absolute Gasteiger partial charge is 0.378 e. The predicted octanol–water partition coefficient (Wildman–Crippen LogP) is 0.686. The molecule has 3 rings (SSSR count). The molecule has 2 saturated heterocycles. The van der Waals surface area contributed by atoms with Gasteiger partial charge in [-0.25, -0.2) is 0 Å². The van der Waals surface area contributed by atoms with E-state index in [4.69, 9.17) is 9.47 Å². The van der Waals surface area contributed by atoms with E-state index >= 15 is 0 Å². The number of nitrogens with one attached hydrogen (secondary N) is 1. The summed E-state index contributed by atoms with van der Waals surface area (Å²) < 4.78 is 11.4. The van der Waals surface area contributed by atoms with Crippen molar-refractivity contribution in [3.05, 3.63) is 0 Å². The zero-order valence-electron chi connectivity index (χ0n) is 8.14. The zero-order valence-corrected chi connectivity index (χ0v) is 8.14. The minimum atomic E-state index is 0.0538. The van der Waals surface area contributed by atoms with Gasteiger partial charge in [0.25, 0.3) is 0 Å². The topological polar surface area (TPSA) is 33.8 Å². The van der Waals surface area contributed by atoms with Crippen molar-refractivity contribution in [1.29, 1.82) is 0 Å². The van der Waals surface area contributed by atoms with Gasteiger partial charge in [0.1, 0.15) is 5.60 Å². The Balaban J connectivity index is 1.94. The second-order valence-electron chi connectivity index (χ2n) is 4.52. The van der Waals surface area contributed by atoms with Gasteiger partial charge in [0, 0.05) is 6.61 Å². The molecule has 0 aromatic heterocycles. The molecule has 0 amide bonds. The number of likely N-dealkylation sites (N-methyl/N-ethyl adjacent to an activating group) is 1. The Kier molecular flexibility index (Phi) is 1.56. The molecule has 2 aliphatic heterocycles. The molecule has 3 fully saturated rings. The molecule has 1 spiro atoms. The molecule has 3 unspecified atom stereocenters. The maximum absolute atomic E-state index is 5.88. The van der Waals surface area contributed by atoms with Crippen molar-refractivity contribution < 1.29 is 9.47 Å². The first kappa shape index (κ1) is 8.21. The van der Waals surface area contributed by atoms with E-state index in [1.54, 1.807) is 0 Å². The number of epoxide rings is 1. The average molecular weight is 183 g/mol. The molecule has 0 bridgehead atoms. The normalized spacial score (nSPS) is 53.8. The highest BCUT2D eigenvalue weighted by Gasteiger charge is 2.70. The highest BCUT2D eigenvalue weighted by atomic mass is 16.6. The maximum atomic E-state index is 5.88. The van der Waals surface area contributed by atoms with E-state index in [-0.39, 0.29) is 11.1 Å². The first-order chi connectivity index (χ1) is 6.33. The lowest BCUT2D eigenvalue weighted by atomic mass is 9.70. The van der Waals surface area contributed by atoms with Crippen LogP contribution in [0.25, 0.3) is 0 Å². The van der Waals surface area contributed by atoms with Crippen LogP contribution in [0.1, 0.15) is 25.7 Å². The number of rotatable bonds is 1. The highest BCUT2D eigenvalue weighted by molar-refractivity contribution is 5.22. The SMILES string of the molecule is CNC12CCCC3OC31COCC2. The second kappa shape index (κ2) is 2.47. The van der Waals surface area contributed by atoms with E-state index in [0.717, 1.165) is 19.6 Å². The summed E-state index contributed by atoms with van der Waals surface area (Å²) in [4.78, 5) is 0. The third-order valence-electron chi connectivity index (χ3n) is 4.16. The number of ether oxygens (including phenoxy) is 2. The number of hydrogen-bond acceptors (Lipinski definition) is 3. The van der Waals surface area contributed by atoms with Crippen LogP contribution in [0.2, 0.25) is 0 Å². The van der Waals surface area contributed by atoms with E-state index in [0.29, 0.717) is 6.10 Å². The fraction of sp³-hybridized carbons (Fsp3) is 1.00. The first-order valence-electron chi connectivity index (χ1n) is 5.27. The van der Waals surface area contributed by atoms with E-state index in [9.17, 15) is 0 Å². The van der Waals surface area contributed by atoms with Gasteiger partial charge in [0.2, 0.25) is 0 Å². The summed E-state index contributed by atoms with van der Waals surface area (Å²) in [6.07, 6.45) is 5.37. The van der Waals surface area contributed by atoms with Gasteiger partial charge < -0.3 is 14.8 Å². The van der Waals surface area contributed by atoms with Crippen molar-refractivity contribution in [3.8, 4) is 0 Å². The summed E-state index contributed by atoms with van der Waals surface area (Å²) in [5.41, 5.74) is 0.284. The summed E-state index contributed by atoms with van der Waals surface area (Å²) in [6.45, 7) is 1.69. The lowest BCUT2D eigenvalue weighted by Crippen LogP contribution is -2.63. The van der Waals surface area contributed by atoms with Crippen LogP contribution in [0.4, 0.5) is 0 Å². The number of hydrogen-bond donors (Lipinski definition) is 1. The van der Waals surface area contributed by atoms with Gasteiger partial charge in [-0.15, -0.1) is 0 Å². The van der Waals surface area contributed by atoms with Crippen LogP contribution < -0.4 is 5.32 Å². The van der Waals surface area contributed by atoms with Crippen LogP contribution in [-0.2, 0) is 9.47 Å². The molecule has 3 nitrogen and oxygen atoms in total. The van der Waals surface area contributed by atoms with Gasteiger partial charge in [0.05, 0.1) is 18.2 Å². The van der Waals surface area contributed by atoms with Crippen LogP contribution in [-0.4, -0.2) is 37.5 Å². The summed E-state index contributed by atoms with van der Waals surface area (Å²) in [5, 5.41) is 3.50. The summed E-state index contributed by atoms with van der Waals surface area (Å²) in [6, 6.07) is 0. The molecule has 0 aromatic rings. The fourth-order valence-corrected chi connectivity index (χ4v) is 3.27. The van der Waals surface area contributed by atoms with Gasteiger partial charge in [0.15, 0.2) is 0 Å². The molecule has 1 saturated carbocycles. The Hall–Kier alpha value is -0.120. The van der Waals surface area contributed by atoms with Crippen LogP contribution in [0.3, 0.4) is 0 Å². The van der Waals surface area contributed by atoms with Crippen molar-refractivity contribution in [2.75, 3.05) is 20.3 Å². The smallest absolute Gasteiger partial charge is 0.136 e. The Bertz CT molecular complexity index is 229. The summed E-state index contributed by atoms with van der Waals surface area (Å²) in [7, 11) is 2.07. The van der Waals surface area contributed by atoms with Crippen molar-refractivity contribution in [2.24, 2.45) is 0 Å². The van der Waals surface area contributed by atoms with E-state index < -0.39 is 0 Å². The maximum Gasteiger partial charge on any atom is 0.136 e. The lowest BCUT2D eigenvalue weighted by molar-refractivity contribution is -0.0375. The van der Waals surface area contributed by atoms with Crippen LogP contribution in [0, 0.1) is 0 Å². The molecule has 3 aliphatic rings. The first-order valence-corrected chi connectivity index (χ1v) is 5.27. The zero-order chi connectivity index (χ0) is 8.94. The molecule has 0 radical (unpaired) electrons. The highest BCUT2D eigenvalue weighted by Crippen LogP contribution is 2.56. The van der Waals surface area contributed by atoms with Crippen molar-refractivity contribution >= 4 is 0 Å². The Morgan fingerprint density at radius 3 is 3.08 bits per heavy atom. The fourth-order valence-electron chi connectivity index (χ4n) is 3.27. The Morgan fingerprint density at radius 2 is 2.31 bits per heavy atom. The lowest BCUT2D eigenvalue weighted by Gasteiger charge is -2.45. The van der Waals surface area contributed by atoms with Gasteiger partial charge >= 0.3 is 0 Å². The third-order valence-corrected chi connectivity index (χ3v) is 4.16. The molecule has 74 valence electrons. The van der Waals surface area contributed by atoms with E-state index in [1.165, 1.54) is 19.3 Å².